The van der Waals surface area contributed by atoms with Crippen LogP contribution in [0, 0.1) is 0 Å². The Morgan fingerprint density at radius 3 is 2.77 bits per heavy atom. The van der Waals surface area contributed by atoms with Gasteiger partial charge in [-0.2, -0.15) is 0 Å². The summed E-state index contributed by atoms with van der Waals surface area (Å²) in [5, 5.41) is 0.670. The number of furan rings is 1. The Morgan fingerprint density at radius 2 is 2.05 bits per heavy atom. The highest BCUT2D eigenvalue weighted by molar-refractivity contribution is 7.21. The van der Waals surface area contributed by atoms with Crippen molar-refractivity contribution in [1.82, 2.24) is 4.98 Å². The number of primary amides is 1. The van der Waals surface area contributed by atoms with Crippen LogP contribution >= 0.6 is 11.3 Å². The fourth-order valence-corrected chi connectivity index (χ4v) is 2.74. The minimum absolute atomic E-state index is 0.00218. The summed E-state index contributed by atoms with van der Waals surface area (Å²) in [6.07, 6.45) is -1.01. The van der Waals surface area contributed by atoms with Crippen molar-refractivity contribution < 1.29 is 18.7 Å². The first-order chi connectivity index (χ1) is 10.5. The van der Waals surface area contributed by atoms with Gasteiger partial charge < -0.3 is 14.9 Å². The fourth-order valence-electron chi connectivity index (χ4n) is 1.82. The van der Waals surface area contributed by atoms with Gasteiger partial charge in [-0.1, -0.05) is 12.1 Å². The number of ether oxygens (including phenoxy) is 1. The molecule has 0 aliphatic rings. The third-order valence-electron chi connectivity index (χ3n) is 3.00. The van der Waals surface area contributed by atoms with E-state index in [0.717, 1.165) is 10.2 Å². The van der Waals surface area contributed by atoms with Gasteiger partial charge in [-0.3, -0.25) is 4.79 Å². The van der Waals surface area contributed by atoms with Crippen LogP contribution in [0.3, 0.4) is 0 Å². The lowest BCUT2D eigenvalue weighted by molar-refractivity contribution is -0.125. The number of amides is 1. The maximum Gasteiger partial charge on any atom is 0.375 e. The molecule has 112 valence electrons. The molecular weight excluding hydrogens is 304 g/mol. The minimum Gasteiger partial charge on any atom is -0.447 e. The fraction of sp³-hybridized carbons (Fsp3) is 0.133. The monoisotopic (exact) mass is 316 g/mol. The molecule has 0 fully saturated rings. The first-order valence-electron chi connectivity index (χ1n) is 6.50. The number of rotatable bonds is 4. The van der Waals surface area contributed by atoms with Crippen molar-refractivity contribution in [3.8, 4) is 10.8 Å². The molecule has 0 aliphatic heterocycles. The van der Waals surface area contributed by atoms with Crippen molar-refractivity contribution in [1.29, 1.82) is 0 Å². The molecule has 7 heteroatoms. The summed E-state index contributed by atoms with van der Waals surface area (Å²) in [5.41, 5.74) is 5.91. The zero-order chi connectivity index (χ0) is 15.7. The number of hydrogen-bond donors (Lipinski definition) is 1. The molecule has 0 saturated heterocycles. The molecule has 0 aliphatic carbocycles. The van der Waals surface area contributed by atoms with Gasteiger partial charge in [0.1, 0.15) is 0 Å². The predicted octanol–water partition coefficient (Wildman–Crippen LogP) is 2.59. The summed E-state index contributed by atoms with van der Waals surface area (Å²) in [6.45, 7) is 1.40. The average molecular weight is 316 g/mol. The van der Waals surface area contributed by atoms with Gasteiger partial charge in [0.15, 0.2) is 16.9 Å². The highest BCUT2D eigenvalue weighted by Crippen LogP contribution is 2.31. The van der Waals surface area contributed by atoms with Crippen molar-refractivity contribution in [3.63, 3.8) is 0 Å². The topological polar surface area (TPSA) is 95.4 Å². The van der Waals surface area contributed by atoms with Gasteiger partial charge in [0.05, 0.1) is 10.2 Å². The van der Waals surface area contributed by atoms with E-state index in [1.807, 2.05) is 24.3 Å². The van der Waals surface area contributed by atoms with Crippen molar-refractivity contribution in [2.24, 2.45) is 5.73 Å². The number of esters is 1. The van der Waals surface area contributed by atoms with Crippen molar-refractivity contribution in [2.75, 3.05) is 0 Å². The smallest absolute Gasteiger partial charge is 0.375 e. The van der Waals surface area contributed by atoms with E-state index in [0.29, 0.717) is 10.8 Å². The van der Waals surface area contributed by atoms with E-state index in [9.17, 15) is 9.59 Å². The maximum atomic E-state index is 11.8. The first kappa shape index (κ1) is 14.3. The molecule has 3 aromatic rings. The molecule has 1 unspecified atom stereocenters. The summed E-state index contributed by atoms with van der Waals surface area (Å²) in [6, 6.07) is 10.8. The van der Waals surface area contributed by atoms with Crippen LogP contribution in [0.4, 0.5) is 0 Å². The van der Waals surface area contributed by atoms with Crippen LogP contribution < -0.4 is 5.73 Å². The molecule has 0 spiro atoms. The van der Waals surface area contributed by atoms with Crippen LogP contribution in [0.1, 0.15) is 17.5 Å². The first-order valence-corrected chi connectivity index (χ1v) is 7.32. The molecule has 1 aromatic carbocycles. The maximum absolute atomic E-state index is 11.8. The third-order valence-corrected chi connectivity index (χ3v) is 4.05. The molecule has 0 radical (unpaired) electrons. The van der Waals surface area contributed by atoms with E-state index in [1.165, 1.54) is 24.3 Å². The van der Waals surface area contributed by atoms with Crippen molar-refractivity contribution >= 4 is 33.4 Å². The molecule has 0 bridgehead atoms. The van der Waals surface area contributed by atoms with Crippen LogP contribution in [0.25, 0.3) is 21.0 Å². The van der Waals surface area contributed by atoms with E-state index in [4.69, 9.17) is 14.9 Å². The van der Waals surface area contributed by atoms with E-state index in [1.54, 1.807) is 6.07 Å². The van der Waals surface area contributed by atoms with E-state index < -0.39 is 18.0 Å². The van der Waals surface area contributed by atoms with Crippen LogP contribution in [-0.4, -0.2) is 23.0 Å². The molecule has 22 heavy (non-hydrogen) atoms. The summed E-state index contributed by atoms with van der Waals surface area (Å²) in [7, 11) is 0. The number of hydrogen-bond acceptors (Lipinski definition) is 6. The lowest BCUT2D eigenvalue weighted by Gasteiger charge is -2.07. The number of carbonyl (C=O) groups is 2. The van der Waals surface area contributed by atoms with Gasteiger partial charge in [-0.25, -0.2) is 9.78 Å². The molecule has 6 nitrogen and oxygen atoms in total. The lowest BCUT2D eigenvalue weighted by atomic mass is 10.3. The quantitative estimate of drug-likeness (QED) is 0.746. The molecule has 2 heterocycles. The van der Waals surface area contributed by atoms with Gasteiger partial charge >= 0.3 is 5.97 Å². The molecule has 2 N–H and O–H groups in total. The SMILES string of the molecule is CC(OC(=O)c1ccc(-c2nc3ccccc3s2)o1)C(N)=O. The zero-order valence-electron chi connectivity index (χ0n) is 11.6. The van der Waals surface area contributed by atoms with E-state index >= 15 is 0 Å². The second-order valence-corrected chi connectivity index (χ2v) is 5.63. The predicted molar refractivity (Wildman–Crippen MR) is 81.4 cm³/mol. The Kier molecular flexibility index (Phi) is 3.64. The van der Waals surface area contributed by atoms with Gasteiger partial charge in [-0.05, 0) is 31.2 Å². The third kappa shape index (κ3) is 2.71. The van der Waals surface area contributed by atoms with Crippen LogP contribution in [0.5, 0.6) is 0 Å². The molecule has 1 atom stereocenters. The number of para-hydroxylation sites is 1. The second kappa shape index (κ2) is 5.61. The largest absolute Gasteiger partial charge is 0.447 e. The number of carbonyl (C=O) groups excluding carboxylic acids is 2. The Balaban J connectivity index is 1.84. The molecule has 1 amide bonds. The number of thiazole rings is 1. The van der Waals surface area contributed by atoms with E-state index in [2.05, 4.69) is 4.98 Å². The highest BCUT2D eigenvalue weighted by Gasteiger charge is 2.20. The second-order valence-electron chi connectivity index (χ2n) is 4.60. The minimum atomic E-state index is -1.01. The summed E-state index contributed by atoms with van der Waals surface area (Å²) in [4.78, 5) is 27.2. The Labute approximate surface area is 129 Å². The number of aromatic nitrogens is 1. The van der Waals surface area contributed by atoms with Crippen molar-refractivity contribution in [2.45, 2.75) is 13.0 Å². The standard InChI is InChI=1S/C15H12N2O4S/c1-8(13(16)18)20-15(19)11-7-6-10(21-11)14-17-9-4-2-3-5-12(9)22-14/h2-8H,1H3,(H2,16,18). The van der Waals surface area contributed by atoms with Gasteiger partial charge in [-0.15, -0.1) is 11.3 Å². The normalized spacial score (nSPS) is 12.2. The van der Waals surface area contributed by atoms with E-state index in [-0.39, 0.29) is 5.76 Å². The number of nitrogens with two attached hydrogens (primary N) is 1. The van der Waals surface area contributed by atoms with Crippen LogP contribution in [-0.2, 0) is 9.53 Å². The zero-order valence-corrected chi connectivity index (χ0v) is 12.4. The molecule has 2 aromatic heterocycles. The Hall–Kier alpha value is -2.67. The number of nitrogens with zero attached hydrogens (tertiary/aromatic N) is 1. The van der Waals surface area contributed by atoms with Crippen molar-refractivity contribution in [3.05, 3.63) is 42.2 Å². The summed E-state index contributed by atoms with van der Waals surface area (Å²) in [5.74, 6) is -0.979. The Bertz CT molecular complexity index is 819. The van der Waals surface area contributed by atoms with Crippen LogP contribution in [0.2, 0.25) is 0 Å². The van der Waals surface area contributed by atoms with Gasteiger partial charge in [0.2, 0.25) is 5.76 Å². The Morgan fingerprint density at radius 1 is 1.27 bits per heavy atom. The molecule has 3 rings (SSSR count). The van der Waals surface area contributed by atoms with Gasteiger partial charge in [0.25, 0.3) is 5.91 Å². The lowest BCUT2D eigenvalue weighted by Crippen LogP contribution is -2.30. The summed E-state index contributed by atoms with van der Waals surface area (Å²) < 4.78 is 11.4. The highest BCUT2D eigenvalue weighted by atomic mass is 32.1. The average Bonchev–Trinajstić information content (AvgIpc) is 3.13. The van der Waals surface area contributed by atoms with Crippen LogP contribution in [0.15, 0.2) is 40.8 Å². The van der Waals surface area contributed by atoms with Gasteiger partial charge in [0, 0.05) is 0 Å². The summed E-state index contributed by atoms with van der Waals surface area (Å²) >= 11 is 1.46. The number of fused-ring (bicyclic) bond motifs is 1. The number of benzene rings is 1. The molecular formula is C15H12N2O4S. The molecule has 0 saturated carbocycles.